The van der Waals surface area contributed by atoms with Gasteiger partial charge < -0.3 is 10.4 Å². The van der Waals surface area contributed by atoms with Gasteiger partial charge in [-0.25, -0.2) is 0 Å². The molecule has 0 fully saturated rings. The Balaban J connectivity index is 0.000000141. The smallest absolute Gasteiger partial charge is 0.228 e. The van der Waals surface area contributed by atoms with E-state index in [1.165, 1.54) is 0 Å². The van der Waals surface area contributed by atoms with Crippen molar-refractivity contribution in [3.05, 3.63) is 53.8 Å². The van der Waals surface area contributed by atoms with E-state index in [1.54, 1.807) is 6.08 Å². The van der Waals surface area contributed by atoms with E-state index in [9.17, 15) is 4.79 Å². The third-order valence-corrected chi connectivity index (χ3v) is 3.19. The van der Waals surface area contributed by atoms with Gasteiger partial charge in [0.25, 0.3) is 0 Å². The molecule has 0 unspecified atom stereocenters. The van der Waals surface area contributed by atoms with Gasteiger partial charge in [-0.1, -0.05) is 38.1 Å². The van der Waals surface area contributed by atoms with Crippen LogP contribution >= 0.6 is 0 Å². The van der Waals surface area contributed by atoms with E-state index in [4.69, 9.17) is 5.11 Å². The summed E-state index contributed by atoms with van der Waals surface area (Å²) in [7, 11) is 0. The molecule has 0 spiro atoms. The number of para-hydroxylation sites is 1. The molecule has 0 aromatic heterocycles. The van der Waals surface area contributed by atoms with Gasteiger partial charge in [0.1, 0.15) is 5.76 Å². The highest BCUT2D eigenvalue weighted by Crippen LogP contribution is 2.27. The summed E-state index contributed by atoms with van der Waals surface area (Å²) in [5.41, 5.74) is 2.31. The van der Waals surface area contributed by atoms with Gasteiger partial charge in [-0.05, 0) is 35.6 Å². The van der Waals surface area contributed by atoms with Crippen molar-refractivity contribution in [3.8, 4) is 0 Å². The van der Waals surface area contributed by atoms with E-state index >= 15 is 0 Å². The van der Waals surface area contributed by atoms with Gasteiger partial charge in [0, 0.05) is 5.69 Å². The molecule has 2 aliphatic rings. The van der Waals surface area contributed by atoms with Gasteiger partial charge in [-0.2, -0.15) is 0 Å². The van der Waals surface area contributed by atoms with Crippen molar-refractivity contribution < 1.29 is 9.90 Å². The molecule has 0 saturated carbocycles. The monoisotopic (exact) mass is 257 g/mol. The molecule has 3 heteroatoms. The largest absolute Gasteiger partial charge is 0.508 e. The number of aliphatic hydroxyl groups excluding tert-OH is 1. The van der Waals surface area contributed by atoms with Crippen LogP contribution in [0.15, 0.2) is 48.3 Å². The van der Waals surface area contributed by atoms with Crippen molar-refractivity contribution in [2.45, 2.75) is 26.7 Å². The summed E-state index contributed by atoms with van der Waals surface area (Å²) < 4.78 is 0. The van der Waals surface area contributed by atoms with Crippen LogP contribution in [0.3, 0.4) is 0 Å². The molecular weight excluding hydrogens is 238 g/mol. The fourth-order valence-electron chi connectivity index (χ4n) is 1.98. The Hall–Kier alpha value is -2.03. The highest BCUT2D eigenvalue weighted by atomic mass is 16.3. The first-order valence-electron chi connectivity index (χ1n) is 6.42. The van der Waals surface area contributed by atoms with Crippen molar-refractivity contribution in [1.82, 2.24) is 0 Å². The first-order valence-corrected chi connectivity index (χ1v) is 6.42. The van der Waals surface area contributed by atoms with Crippen LogP contribution in [0, 0.1) is 5.41 Å². The van der Waals surface area contributed by atoms with Gasteiger partial charge in [0.15, 0.2) is 0 Å². The minimum atomic E-state index is 0.0983. The van der Waals surface area contributed by atoms with Crippen LogP contribution < -0.4 is 5.32 Å². The maximum Gasteiger partial charge on any atom is 0.228 e. The Morgan fingerprint density at radius 2 is 2.00 bits per heavy atom. The average Bonchev–Trinajstić information content (AvgIpc) is 2.74. The van der Waals surface area contributed by atoms with Crippen molar-refractivity contribution in [3.63, 3.8) is 0 Å². The summed E-state index contributed by atoms with van der Waals surface area (Å²) in [6.45, 7) is 4.29. The van der Waals surface area contributed by atoms with Crippen molar-refractivity contribution in [2.24, 2.45) is 5.41 Å². The summed E-state index contributed by atoms with van der Waals surface area (Å²) in [6, 6.07) is 7.75. The summed E-state index contributed by atoms with van der Waals surface area (Å²) in [5.74, 6) is 0.496. The second-order valence-electron chi connectivity index (χ2n) is 5.54. The fraction of sp³-hybridized carbons (Fsp3) is 0.312. The standard InChI is InChI=1S/C8H7NO.C8H12O/c10-8-5-6-3-1-2-4-7(6)9-8;1-8(2)5-3-7(9)4-6-8/h1-4H,5H2,(H,9,10);3-5,9H,6H2,1-2H3. The Kier molecular flexibility index (Phi) is 3.74. The van der Waals surface area contributed by atoms with Gasteiger partial charge in [0.2, 0.25) is 5.91 Å². The molecule has 1 heterocycles. The zero-order valence-electron chi connectivity index (χ0n) is 11.3. The summed E-state index contributed by atoms with van der Waals surface area (Å²) in [6.07, 6.45) is 7.11. The lowest BCUT2D eigenvalue weighted by Crippen LogP contribution is -2.08. The maximum absolute atomic E-state index is 10.8. The van der Waals surface area contributed by atoms with Crippen LogP contribution in [0.2, 0.25) is 0 Å². The number of rotatable bonds is 0. The molecule has 3 nitrogen and oxygen atoms in total. The Morgan fingerprint density at radius 3 is 2.58 bits per heavy atom. The number of hydrogen-bond acceptors (Lipinski definition) is 2. The Bertz CT molecular complexity index is 514. The SMILES string of the molecule is CC1(C)C=CC(O)=CC1.O=C1Cc2ccccc2N1. The quantitative estimate of drug-likeness (QED) is 0.746. The molecule has 0 saturated heterocycles. The number of benzene rings is 1. The van der Waals surface area contributed by atoms with Crippen LogP contribution in [0.4, 0.5) is 5.69 Å². The number of amides is 1. The minimum Gasteiger partial charge on any atom is -0.508 e. The first-order chi connectivity index (χ1) is 8.96. The first kappa shape index (κ1) is 13.4. The number of carbonyl (C=O) groups excluding carboxylic acids is 1. The van der Waals surface area contributed by atoms with E-state index < -0.39 is 0 Å². The van der Waals surface area contributed by atoms with Crippen LogP contribution in [0.5, 0.6) is 0 Å². The number of nitrogens with one attached hydrogen (secondary N) is 1. The van der Waals surface area contributed by atoms with Gasteiger partial charge in [-0.15, -0.1) is 0 Å². The van der Waals surface area contributed by atoms with Crippen LogP contribution in [0.1, 0.15) is 25.8 Å². The molecule has 0 bridgehead atoms. The summed E-state index contributed by atoms with van der Waals surface area (Å²) in [4.78, 5) is 10.8. The summed E-state index contributed by atoms with van der Waals surface area (Å²) >= 11 is 0. The van der Waals surface area contributed by atoms with Crippen LogP contribution in [0.25, 0.3) is 0 Å². The zero-order chi connectivity index (χ0) is 13.9. The number of allylic oxidation sites excluding steroid dienone is 3. The van der Waals surface area contributed by atoms with Gasteiger partial charge in [0.05, 0.1) is 6.42 Å². The topological polar surface area (TPSA) is 49.3 Å². The highest BCUT2D eigenvalue weighted by Gasteiger charge is 2.15. The van der Waals surface area contributed by atoms with Crippen molar-refractivity contribution in [2.75, 3.05) is 5.32 Å². The number of hydrogen-bond donors (Lipinski definition) is 2. The third-order valence-electron chi connectivity index (χ3n) is 3.19. The van der Waals surface area contributed by atoms with Crippen LogP contribution in [-0.2, 0) is 11.2 Å². The average molecular weight is 257 g/mol. The van der Waals surface area contributed by atoms with Crippen molar-refractivity contribution >= 4 is 11.6 Å². The highest BCUT2D eigenvalue weighted by molar-refractivity contribution is 5.98. The van der Waals surface area contributed by atoms with Gasteiger partial charge >= 0.3 is 0 Å². The van der Waals surface area contributed by atoms with Crippen LogP contribution in [-0.4, -0.2) is 11.0 Å². The predicted octanol–water partition coefficient (Wildman–Crippen LogP) is 3.60. The summed E-state index contributed by atoms with van der Waals surface area (Å²) in [5, 5.41) is 11.7. The molecule has 1 aromatic carbocycles. The second-order valence-corrected chi connectivity index (χ2v) is 5.54. The second kappa shape index (κ2) is 5.31. The lowest BCUT2D eigenvalue weighted by atomic mass is 9.86. The zero-order valence-corrected chi connectivity index (χ0v) is 11.3. The van der Waals surface area contributed by atoms with E-state index in [1.807, 2.05) is 36.4 Å². The molecule has 3 rings (SSSR count). The Labute approximate surface area is 113 Å². The van der Waals surface area contributed by atoms with E-state index in [-0.39, 0.29) is 11.3 Å². The molecule has 1 aliphatic carbocycles. The molecule has 1 amide bonds. The van der Waals surface area contributed by atoms with E-state index in [0.717, 1.165) is 17.7 Å². The molecule has 19 heavy (non-hydrogen) atoms. The molecule has 2 N–H and O–H groups in total. The molecular formula is C16H19NO2. The molecule has 0 atom stereocenters. The molecule has 1 aliphatic heterocycles. The number of aliphatic hydroxyl groups is 1. The molecule has 100 valence electrons. The number of carbonyl (C=O) groups is 1. The molecule has 1 aromatic rings. The number of fused-ring (bicyclic) bond motifs is 1. The minimum absolute atomic E-state index is 0.0983. The third kappa shape index (κ3) is 3.71. The Morgan fingerprint density at radius 1 is 1.26 bits per heavy atom. The normalized spacial score (nSPS) is 18.8. The number of anilines is 1. The maximum atomic E-state index is 10.8. The van der Waals surface area contributed by atoms with E-state index in [0.29, 0.717) is 12.2 Å². The lowest BCUT2D eigenvalue weighted by Gasteiger charge is -2.20. The fourth-order valence-corrected chi connectivity index (χ4v) is 1.98. The van der Waals surface area contributed by atoms with Crippen molar-refractivity contribution in [1.29, 1.82) is 0 Å². The lowest BCUT2D eigenvalue weighted by molar-refractivity contribution is -0.115. The van der Waals surface area contributed by atoms with Gasteiger partial charge in [-0.3, -0.25) is 4.79 Å². The molecule has 0 radical (unpaired) electrons. The predicted molar refractivity (Wildman–Crippen MR) is 77.0 cm³/mol. The van der Waals surface area contributed by atoms with E-state index in [2.05, 4.69) is 19.2 Å².